The highest BCUT2D eigenvalue weighted by atomic mass is 16.7. The van der Waals surface area contributed by atoms with Crippen molar-refractivity contribution in [1.29, 1.82) is 5.26 Å². The first-order chi connectivity index (χ1) is 8.63. The molecule has 1 aliphatic heterocycles. The van der Waals surface area contributed by atoms with Crippen LogP contribution < -0.4 is 0 Å². The Bertz CT molecular complexity index is 343. The van der Waals surface area contributed by atoms with Crippen LogP contribution in [0.1, 0.15) is 51.4 Å². The van der Waals surface area contributed by atoms with Crippen molar-refractivity contribution in [3.05, 3.63) is 0 Å². The first-order valence-electron chi connectivity index (χ1n) is 6.58. The van der Waals surface area contributed by atoms with E-state index in [1.165, 1.54) is 6.42 Å². The van der Waals surface area contributed by atoms with Crippen molar-refractivity contribution in [3.8, 4) is 6.07 Å². The zero-order chi connectivity index (χ0) is 13.0. The Morgan fingerprint density at radius 2 is 1.94 bits per heavy atom. The Hall–Kier alpha value is -1.12. The average molecular weight is 253 g/mol. The molecule has 5 heteroatoms. The number of aliphatic carboxylic acids is 1. The zero-order valence-corrected chi connectivity index (χ0v) is 10.4. The number of carbonyl (C=O) groups is 1. The van der Waals surface area contributed by atoms with Crippen LogP contribution in [-0.4, -0.2) is 29.1 Å². The van der Waals surface area contributed by atoms with Crippen LogP contribution in [0.4, 0.5) is 0 Å². The largest absolute Gasteiger partial charge is 0.481 e. The lowest BCUT2D eigenvalue weighted by atomic mass is 9.91. The van der Waals surface area contributed by atoms with Crippen LogP contribution >= 0.6 is 0 Å². The summed E-state index contributed by atoms with van der Waals surface area (Å²) in [6.07, 6.45) is 5.16. The smallest absolute Gasteiger partial charge is 0.305 e. The number of carboxylic acids is 1. The molecule has 2 rings (SSSR count). The first kappa shape index (κ1) is 13.3. The van der Waals surface area contributed by atoms with Gasteiger partial charge in [-0.25, -0.2) is 0 Å². The molecule has 0 aromatic carbocycles. The molecule has 2 fully saturated rings. The minimum Gasteiger partial charge on any atom is -0.481 e. The third kappa shape index (κ3) is 3.21. The molecule has 100 valence electrons. The van der Waals surface area contributed by atoms with Crippen molar-refractivity contribution in [2.24, 2.45) is 0 Å². The number of nitrogens with zero attached hydrogens (tertiary/aromatic N) is 1. The normalized spacial score (nSPS) is 30.8. The molecule has 0 radical (unpaired) electrons. The lowest BCUT2D eigenvalue weighted by Crippen LogP contribution is -2.50. The van der Waals surface area contributed by atoms with E-state index in [9.17, 15) is 4.79 Å². The van der Waals surface area contributed by atoms with Crippen molar-refractivity contribution >= 4 is 5.97 Å². The Balaban J connectivity index is 2.05. The van der Waals surface area contributed by atoms with E-state index in [4.69, 9.17) is 19.8 Å². The fourth-order valence-electron chi connectivity index (χ4n) is 2.90. The molecule has 1 aliphatic carbocycles. The molecule has 0 amide bonds. The molecule has 1 heterocycles. The third-order valence-corrected chi connectivity index (χ3v) is 3.63. The zero-order valence-electron chi connectivity index (χ0n) is 10.4. The van der Waals surface area contributed by atoms with E-state index in [-0.39, 0.29) is 18.6 Å². The summed E-state index contributed by atoms with van der Waals surface area (Å²) in [5.74, 6) is -1.48. The summed E-state index contributed by atoms with van der Waals surface area (Å²) in [5, 5.41) is 17.7. The lowest BCUT2D eigenvalue weighted by molar-refractivity contribution is -0.327. The Labute approximate surface area is 107 Å². The Kier molecular flexibility index (Phi) is 4.20. The van der Waals surface area contributed by atoms with Gasteiger partial charge in [-0.05, 0) is 12.8 Å². The number of nitriles is 1. The topological polar surface area (TPSA) is 79.6 Å². The van der Waals surface area contributed by atoms with E-state index >= 15 is 0 Å². The summed E-state index contributed by atoms with van der Waals surface area (Å²) >= 11 is 0. The highest BCUT2D eigenvalue weighted by Gasteiger charge is 2.43. The van der Waals surface area contributed by atoms with Gasteiger partial charge in [-0.15, -0.1) is 0 Å². The average Bonchev–Trinajstić information content (AvgIpc) is 2.28. The van der Waals surface area contributed by atoms with Crippen molar-refractivity contribution in [3.63, 3.8) is 0 Å². The summed E-state index contributed by atoms with van der Waals surface area (Å²) in [6, 6.07) is 2.11. The second-order valence-electron chi connectivity index (χ2n) is 5.15. The van der Waals surface area contributed by atoms with E-state index in [0.29, 0.717) is 12.8 Å². The van der Waals surface area contributed by atoms with Crippen molar-refractivity contribution in [2.75, 3.05) is 0 Å². The molecule has 0 aromatic heterocycles. The monoisotopic (exact) mass is 253 g/mol. The maximum Gasteiger partial charge on any atom is 0.305 e. The highest BCUT2D eigenvalue weighted by Crippen LogP contribution is 2.40. The molecule has 2 atom stereocenters. The van der Waals surface area contributed by atoms with Gasteiger partial charge in [-0.1, -0.05) is 6.42 Å². The van der Waals surface area contributed by atoms with E-state index in [1.807, 2.05) is 0 Å². The molecule has 2 unspecified atom stereocenters. The second-order valence-corrected chi connectivity index (χ2v) is 5.15. The van der Waals surface area contributed by atoms with E-state index in [2.05, 4.69) is 6.07 Å². The van der Waals surface area contributed by atoms with Gasteiger partial charge in [0, 0.05) is 19.3 Å². The van der Waals surface area contributed by atoms with Crippen LogP contribution in [0.15, 0.2) is 0 Å². The van der Waals surface area contributed by atoms with Crippen LogP contribution in [0.5, 0.6) is 0 Å². The summed E-state index contributed by atoms with van der Waals surface area (Å²) < 4.78 is 11.8. The van der Waals surface area contributed by atoms with Gasteiger partial charge in [0.15, 0.2) is 5.79 Å². The lowest BCUT2D eigenvalue weighted by Gasteiger charge is -2.46. The van der Waals surface area contributed by atoms with Crippen molar-refractivity contribution in [1.82, 2.24) is 0 Å². The summed E-state index contributed by atoms with van der Waals surface area (Å²) in [4.78, 5) is 10.8. The fourth-order valence-corrected chi connectivity index (χ4v) is 2.90. The van der Waals surface area contributed by atoms with Gasteiger partial charge < -0.3 is 14.6 Å². The molecule has 1 N–H and O–H groups in total. The molecule has 0 aromatic rings. The fraction of sp³-hybridized carbons (Fsp3) is 0.846. The number of ether oxygens (including phenoxy) is 2. The molecule has 2 aliphatic rings. The molecule has 5 nitrogen and oxygen atoms in total. The van der Waals surface area contributed by atoms with Crippen molar-refractivity contribution < 1.29 is 19.4 Å². The highest BCUT2D eigenvalue weighted by molar-refractivity contribution is 5.67. The number of hydrogen-bond acceptors (Lipinski definition) is 4. The minimum atomic E-state index is -0.858. The SMILES string of the molecule is N#CCC1CC(CC(=O)O)OC2(CCCCC2)O1. The molecular weight excluding hydrogens is 234 g/mol. The first-order valence-corrected chi connectivity index (χ1v) is 6.58. The van der Waals surface area contributed by atoms with Gasteiger partial charge in [0.05, 0.1) is 31.1 Å². The van der Waals surface area contributed by atoms with Crippen LogP contribution in [0.2, 0.25) is 0 Å². The predicted octanol–water partition coefficient (Wildman–Crippen LogP) is 2.21. The van der Waals surface area contributed by atoms with Crippen LogP contribution in [0.25, 0.3) is 0 Å². The quantitative estimate of drug-likeness (QED) is 0.834. The van der Waals surface area contributed by atoms with Gasteiger partial charge in [0.2, 0.25) is 0 Å². The van der Waals surface area contributed by atoms with E-state index in [0.717, 1.165) is 25.7 Å². The van der Waals surface area contributed by atoms with Crippen molar-refractivity contribution in [2.45, 2.75) is 69.4 Å². The van der Waals surface area contributed by atoms with Gasteiger partial charge in [0.25, 0.3) is 0 Å². The molecule has 1 saturated carbocycles. The van der Waals surface area contributed by atoms with E-state index < -0.39 is 11.8 Å². The third-order valence-electron chi connectivity index (χ3n) is 3.63. The van der Waals surface area contributed by atoms with Gasteiger partial charge in [0.1, 0.15) is 0 Å². The number of hydrogen-bond donors (Lipinski definition) is 1. The number of rotatable bonds is 3. The molecule has 1 saturated heterocycles. The second kappa shape index (κ2) is 5.68. The predicted molar refractivity (Wildman–Crippen MR) is 62.7 cm³/mol. The Morgan fingerprint density at radius 3 is 2.56 bits per heavy atom. The summed E-state index contributed by atoms with van der Waals surface area (Å²) in [7, 11) is 0. The Morgan fingerprint density at radius 1 is 1.28 bits per heavy atom. The van der Waals surface area contributed by atoms with Gasteiger partial charge in [-0.2, -0.15) is 5.26 Å². The van der Waals surface area contributed by atoms with Gasteiger partial charge >= 0.3 is 5.97 Å². The maximum absolute atomic E-state index is 10.8. The molecule has 0 bridgehead atoms. The molecular formula is C13H19NO4. The molecule has 1 spiro atoms. The number of carboxylic acid groups (broad SMARTS) is 1. The summed E-state index contributed by atoms with van der Waals surface area (Å²) in [6.45, 7) is 0. The summed E-state index contributed by atoms with van der Waals surface area (Å²) in [5.41, 5.74) is 0. The minimum absolute atomic E-state index is 0.00691. The maximum atomic E-state index is 10.8. The van der Waals surface area contributed by atoms with Crippen LogP contribution in [0.3, 0.4) is 0 Å². The van der Waals surface area contributed by atoms with Crippen LogP contribution in [0, 0.1) is 11.3 Å². The van der Waals surface area contributed by atoms with Gasteiger partial charge in [-0.3, -0.25) is 4.79 Å². The molecule has 18 heavy (non-hydrogen) atoms. The van der Waals surface area contributed by atoms with E-state index in [1.54, 1.807) is 0 Å². The van der Waals surface area contributed by atoms with Crippen LogP contribution in [-0.2, 0) is 14.3 Å². The standard InChI is InChI=1S/C13H19NO4/c14-7-4-10-8-11(9-12(15)16)18-13(17-10)5-2-1-3-6-13/h10-11H,1-6,8-9H2,(H,15,16).